The van der Waals surface area contributed by atoms with E-state index in [-0.39, 0.29) is 23.4 Å². The van der Waals surface area contributed by atoms with Crippen molar-refractivity contribution in [1.29, 1.82) is 0 Å². The van der Waals surface area contributed by atoms with Crippen molar-refractivity contribution in [2.45, 2.75) is 12.2 Å². The molecule has 2 rings (SSSR count). The van der Waals surface area contributed by atoms with E-state index in [9.17, 15) is 18.9 Å². The van der Waals surface area contributed by atoms with Crippen molar-refractivity contribution >= 4 is 16.9 Å². The third-order valence-electron chi connectivity index (χ3n) is 2.39. The summed E-state index contributed by atoms with van der Waals surface area (Å²) in [6.07, 6.45) is 0.998. The van der Waals surface area contributed by atoms with Gasteiger partial charge >= 0.3 is 5.82 Å². The molecule has 0 aliphatic rings. The van der Waals surface area contributed by atoms with Gasteiger partial charge in [0.15, 0.2) is 11.1 Å². The van der Waals surface area contributed by atoms with Gasteiger partial charge in [0.05, 0.1) is 7.05 Å². The van der Waals surface area contributed by atoms with E-state index in [0.29, 0.717) is 0 Å². The molecular weight excluding hydrogens is 278 g/mol. The van der Waals surface area contributed by atoms with E-state index >= 15 is 0 Å². The van der Waals surface area contributed by atoms with Crippen LogP contribution in [0.5, 0.6) is 0 Å². The molecular formula is C8H9N5O5S. The van der Waals surface area contributed by atoms with Gasteiger partial charge in [0.2, 0.25) is 22.9 Å². The van der Waals surface area contributed by atoms with Gasteiger partial charge in [0.1, 0.15) is 6.20 Å². The highest BCUT2D eigenvalue weighted by Gasteiger charge is 2.34. The van der Waals surface area contributed by atoms with Crippen LogP contribution in [0.15, 0.2) is 10.6 Å². The lowest BCUT2D eigenvalue weighted by atomic mass is 10.4. The van der Waals surface area contributed by atoms with E-state index in [4.69, 9.17) is 4.42 Å². The van der Waals surface area contributed by atoms with Crippen molar-refractivity contribution < 1.29 is 18.1 Å². The molecule has 0 aliphatic heterocycles. The zero-order chi connectivity index (χ0) is 14.2. The van der Waals surface area contributed by atoms with Gasteiger partial charge < -0.3 is 19.1 Å². The largest absolute Gasteiger partial charge is 0.424 e. The van der Waals surface area contributed by atoms with Crippen LogP contribution in [0.3, 0.4) is 0 Å². The fourth-order valence-electron chi connectivity index (χ4n) is 1.53. The third-order valence-corrected chi connectivity index (χ3v) is 3.20. The van der Waals surface area contributed by atoms with Crippen LogP contribution < -0.4 is 0 Å². The zero-order valence-electron chi connectivity index (χ0n) is 9.88. The van der Waals surface area contributed by atoms with Crippen molar-refractivity contribution in [3.05, 3.63) is 33.9 Å². The summed E-state index contributed by atoms with van der Waals surface area (Å²) in [7, 11) is 1.36. The SMILES string of the molecule is Cc1nnc(C(c2ncc([N+](=O)[O-])n2C)S(=O)O)o1. The molecule has 0 saturated carbocycles. The normalized spacial score (nSPS) is 14.3. The Bertz CT molecular complexity index is 650. The van der Waals surface area contributed by atoms with Crippen LogP contribution in [0.25, 0.3) is 0 Å². The molecule has 0 spiro atoms. The Morgan fingerprint density at radius 1 is 1.58 bits per heavy atom. The molecule has 10 nitrogen and oxygen atoms in total. The molecule has 2 atom stereocenters. The van der Waals surface area contributed by atoms with Crippen molar-refractivity contribution in [3.8, 4) is 0 Å². The van der Waals surface area contributed by atoms with Crippen LogP contribution in [0.1, 0.15) is 22.9 Å². The van der Waals surface area contributed by atoms with Crippen LogP contribution in [0.4, 0.5) is 5.82 Å². The van der Waals surface area contributed by atoms with Gasteiger partial charge in [0, 0.05) is 6.92 Å². The summed E-state index contributed by atoms with van der Waals surface area (Å²) in [5.41, 5.74) is 0. The van der Waals surface area contributed by atoms with Crippen molar-refractivity contribution in [1.82, 2.24) is 19.7 Å². The number of aryl methyl sites for hydroxylation is 1. The van der Waals surface area contributed by atoms with Crippen molar-refractivity contribution in [3.63, 3.8) is 0 Å². The summed E-state index contributed by atoms with van der Waals surface area (Å²) in [5.74, 6) is -0.214. The first-order valence-corrected chi connectivity index (χ1v) is 6.14. The van der Waals surface area contributed by atoms with Crippen LogP contribution in [0.2, 0.25) is 0 Å². The molecule has 19 heavy (non-hydrogen) atoms. The van der Waals surface area contributed by atoms with Gasteiger partial charge in [-0.3, -0.25) is 0 Å². The number of imidazole rings is 1. The highest BCUT2D eigenvalue weighted by atomic mass is 32.2. The van der Waals surface area contributed by atoms with Crippen LogP contribution in [-0.4, -0.2) is 33.4 Å². The summed E-state index contributed by atoms with van der Waals surface area (Å²) in [6, 6.07) is 0. The predicted molar refractivity (Wildman–Crippen MR) is 61.5 cm³/mol. The molecule has 11 heteroatoms. The number of hydrogen-bond donors (Lipinski definition) is 1. The molecule has 0 radical (unpaired) electrons. The summed E-state index contributed by atoms with van der Waals surface area (Å²) in [6.45, 7) is 1.52. The van der Waals surface area contributed by atoms with E-state index in [2.05, 4.69) is 15.2 Å². The third kappa shape index (κ3) is 2.37. The second-order valence-corrected chi connectivity index (χ2v) is 4.63. The number of nitrogens with zero attached hydrogens (tertiary/aromatic N) is 5. The minimum Gasteiger partial charge on any atom is -0.424 e. The molecule has 0 bridgehead atoms. The van der Waals surface area contributed by atoms with Crippen LogP contribution in [-0.2, 0) is 18.1 Å². The van der Waals surface area contributed by atoms with E-state index in [1.54, 1.807) is 0 Å². The fraction of sp³-hybridized carbons (Fsp3) is 0.375. The number of hydrogen-bond acceptors (Lipinski definition) is 7. The summed E-state index contributed by atoms with van der Waals surface area (Å²) in [5, 5.41) is 16.7. The Kier molecular flexibility index (Phi) is 3.40. The number of nitro groups is 1. The van der Waals surface area contributed by atoms with Gasteiger partial charge in [-0.2, -0.15) is 0 Å². The first-order chi connectivity index (χ1) is 8.91. The smallest absolute Gasteiger partial charge is 0.342 e. The van der Waals surface area contributed by atoms with Crippen LogP contribution >= 0.6 is 0 Å². The van der Waals surface area contributed by atoms with Gasteiger partial charge in [0.25, 0.3) is 0 Å². The average molecular weight is 287 g/mol. The van der Waals surface area contributed by atoms with E-state index in [0.717, 1.165) is 10.8 Å². The molecule has 0 fully saturated rings. The van der Waals surface area contributed by atoms with Gasteiger partial charge in [-0.25, -0.2) is 13.8 Å². The lowest BCUT2D eigenvalue weighted by molar-refractivity contribution is -0.391. The van der Waals surface area contributed by atoms with Crippen molar-refractivity contribution in [2.24, 2.45) is 7.05 Å². The average Bonchev–Trinajstić information content (AvgIpc) is 2.87. The monoisotopic (exact) mass is 287 g/mol. The molecule has 102 valence electrons. The Labute approximate surface area is 108 Å². The molecule has 0 amide bonds. The minimum atomic E-state index is -2.40. The van der Waals surface area contributed by atoms with E-state index < -0.39 is 21.3 Å². The Hall–Kier alpha value is -2.14. The summed E-state index contributed by atoms with van der Waals surface area (Å²) in [4.78, 5) is 13.9. The standard InChI is InChI=1S/C8H9N5O5S/c1-4-10-11-8(18-4)6(19(16)17)7-9-3-5(12(7)2)13(14)15/h3,6H,1-2H3,(H,16,17). The van der Waals surface area contributed by atoms with E-state index in [1.807, 2.05) is 0 Å². The molecule has 2 aromatic heterocycles. The molecule has 2 heterocycles. The molecule has 0 saturated heterocycles. The molecule has 2 unspecified atom stereocenters. The minimum absolute atomic E-state index is 0.00353. The molecule has 2 aromatic rings. The molecule has 1 N–H and O–H groups in total. The zero-order valence-corrected chi connectivity index (χ0v) is 10.7. The Balaban J connectivity index is 2.52. The maximum absolute atomic E-state index is 11.4. The quantitative estimate of drug-likeness (QED) is 0.482. The van der Waals surface area contributed by atoms with Gasteiger partial charge in [-0.15, -0.1) is 10.2 Å². The van der Waals surface area contributed by atoms with Gasteiger partial charge in [-0.1, -0.05) is 0 Å². The topological polar surface area (TPSA) is 137 Å². The Morgan fingerprint density at radius 2 is 2.26 bits per heavy atom. The number of rotatable bonds is 4. The summed E-state index contributed by atoms with van der Waals surface area (Å²) >= 11 is -2.40. The predicted octanol–water partition coefficient (Wildman–Crippen LogP) is 0.331. The highest BCUT2D eigenvalue weighted by molar-refractivity contribution is 7.79. The first-order valence-electron chi connectivity index (χ1n) is 4.97. The van der Waals surface area contributed by atoms with Gasteiger partial charge in [-0.05, 0) is 4.92 Å². The molecule has 0 aromatic carbocycles. The fourth-order valence-corrected chi connectivity index (χ4v) is 2.20. The van der Waals surface area contributed by atoms with Crippen LogP contribution in [0, 0.1) is 17.0 Å². The second-order valence-electron chi connectivity index (χ2n) is 3.61. The lowest BCUT2D eigenvalue weighted by Gasteiger charge is -2.05. The highest BCUT2D eigenvalue weighted by Crippen LogP contribution is 2.27. The maximum atomic E-state index is 11.4. The lowest BCUT2D eigenvalue weighted by Crippen LogP contribution is -2.14. The van der Waals surface area contributed by atoms with E-state index in [1.165, 1.54) is 14.0 Å². The van der Waals surface area contributed by atoms with Crippen molar-refractivity contribution in [2.75, 3.05) is 0 Å². The second kappa shape index (κ2) is 4.85. The Morgan fingerprint density at radius 3 is 2.68 bits per heavy atom. The molecule has 0 aliphatic carbocycles. The maximum Gasteiger partial charge on any atom is 0.342 e. The number of aromatic nitrogens is 4. The first kappa shape index (κ1) is 13.3. The summed E-state index contributed by atoms with van der Waals surface area (Å²) < 4.78 is 26.9.